The quantitative estimate of drug-likeness (QED) is 0.368. The first kappa shape index (κ1) is 17.2. The van der Waals surface area contributed by atoms with Gasteiger partial charge < -0.3 is 9.90 Å². The Kier molecular flexibility index (Phi) is 12.1. The summed E-state index contributed by atoms with van der Waals surface area (Å²) < 4.78 is 0. The molecular weight excluding hydrogens is 224 g/mol. The number of carbonyl (C=O) groups excluding carboxylic acids is 1. The number of hydrogen-bond donors (Lipinski definition) is 0. The highest BCUT2D eigenvalue weighted by Crippen LogP contribution is 2.13. The summed E-state index contributed by atoms with van der Waals surface area (Å²) in [5.74, 6) is -1.10. The van der Waals surface area contributed by atoms with E-state index in [0.717, 1.165) is 12.8 Å². The first-order valence-electron chi connectivity index (χ1n) is 7.57. The van der Waals surface area contributed by atoms with E-state index < -0.39 is 5.97 Å². The molecule has 0 aliphatic carbocycles. The van der Waals surface area contributed by atoms with Gasteiger partial charge in [-0.1, -0.05) is 77.7 Å². The number of carbonyl (C=O) groups is 1. The second-order valence-electron chi connectivity index (χ2n) is 5.18. The van der Waals surface area contributed by atoms with Gasteiger partial charge in [-0.15, -0.1) is 0 Å². The van der Waals surface area contributed by atoms with Gasteiger partial charge in [0.25, 0.3) is 0 Å². The maximum Gasteiger partial charge on any atom is 0.0668 e. The Morgan fingerprint density at radius 2 is 1.22 bits per heavy atom. The normalized spacial score (nSPS) is 10.5. The molecule has 0 saturated carbocycles. The molecule has 0 radical (unpaired) electrons. The van der Waals surface area contributed by atoms with Crippen molar-refractivity contribution < 1.29 is 9.90 Å². The lowest BCUT2D eigenvalue weighted by Crippen LogP contribution is -2.23. The molecule has 0 aliphatic heterocycles. The summed E-state index contributed by atoms with van der Waals surface area (Å²) >= 11 is 0. The number of hydrogen-bond acceptors (Lipinski definition) is 2. The zero-order chi connectivity index (χ0) is 13.6. The summed E-state index contributed by atoms with van der Waals surface area (Å²) in [5, 5.41) is 10.4. The summed E-state index contributed by atoms with van der Waals surface area (Å²) in [6, 6.07) is 0. The van der Waals surface area contributed by atoms with Gasteiger partial charge in [-0.05, 0) is 18.4 Å². The van der Waals surface area contributed by atoms with Crippen LogP contribution >= 0.6 is 0 Å². The van der Waals surface area contributed by atoms with Gasteiger partial charge in [0.15, 0.2) is 0 Å². The first-order valence-corrected chi connectivity index (χ1v) is 7.57. The summed E-state index contributed by atoms with van der Waals surface area (Å²) in [4.78, 5) is 10.4. The lowest BCUT2D eigenvalue weighted by molar-refractivity contribution is -0.299. The van der Waals surface area contributed by atoms with Crippen molar-refractivity contribution >= 4 is 5.97 Å². The van der Waals surface area contributed by atoms with Crippen LogP contribution < -0.4 is 5.11 Å². The zero-order valence-corrected chi connectivity index (χ0v) is 12.0. The summed E-state index contributed by atoms with van der Waals surface area (Å²) in [6.07, 6.45) is 14.7. The van der Waals surface area contributed by atoms with Gasteiger partial charge in [0.2, 0.25) is 0 Å². The van der Waals surface area contributed by atoms with Crippen LogP contribution in [-0.2, 0) is 4.79 Å². The molecule has 0 aromatic rings. The Morgan fingerprint density at radius 3 is 1.61 bits per heavy atom. The molecule has 0 rings (SSSR count). The predicted molar refractivity (Wildman–Crippen MR) is 75.2 cm³/mol. The van der Waals surface area contributed by atoms with Gasteiger partial charge in [-0.25, -0.2) is 0 Å². The van der Waals surface area contributed by atoms with Crippen LogP contribution in [0.4, 0.5) is 0 Å². The maximum absolute atomic E-state index is 10.4. The van der Waals surface area contributed by atoms with Crippen LogP contribution in [-0.4, -0.2) is 5.97 Å². The number of rotatable bonds is 13. The average Bonchev–Trinajstić information content (AvgIpc) is 2.35. The maximum atomic E-state index is 10.4. The minimum absolute atomic E-state index is 0.242. The Morgan fingerprint density at radius 1 is 0.833 bits per heavy atom. The molecule has 0 unspecified atom stereocenters. The Hall–Kier alpha value is -0.790. The molecule has 0 bridgehead atoms. The third kappa shape index (κ3) is 11.7. The van der Waals surface area contributed by atoms with E-state index in [0.29, 0.717) is 6.42 Å². The lowest BCUT2D eigenvalue weighted by atomic mass is 10.0. The molecule has 0 fully saturated rings. The fraction of sp³-hybridized carbons (Fsp3) is 0.812. The number of aliphatic carboxylic acids is 1. The SMILES string of the molecule is C=C(CCCCCCCCCCCCC)C(=O)[O-]. The van der Waals surface area contributed by atoms with Crippen molar-refractivity contribution in [2.45, 2.75) is 84.0 Å². The van der Waals surface area contributed by atoms with Crippen LogP contribution in [0.5, 0.6) is 0 Å². The highest BCUT2D eigenvalue weighted by molar-refractivity contribution is 5.83. The Bertz CT molecular complexity index is 221. The van der Waals surface area contributed by atoms with Gasteiger partial charge in [-0.2, -0.15) is 0 Å². The molecule has 18 heavy (non-hydrogen) atoms. The van der Waals surface area contributed by atoms with Gasteiger partial charge in [0.1, 0.15) is 0 Å². The Labute approximate surface area is 112 Å². The number of unbranched alkanes of at least 4 members (excludes halogenated alkanes) is 10. The van der Waals surface area contributed by atoms with E-state index in [2.05, 4.69) is 13.5 Å². The van der Waals surface area contributed by atoms with Crippen molar-refractivity contribution in [3.63, 3.8) is 0 Å². The van der Waals surface area contributed by atoms with Crippen LogP contribution in [0.25, 0.3) is 0 Å². The number of carboxylic acids is 1. The third-order valence-corrected chi connectivity index (χ3v) is 3.37. The number of carboxylic acid groups (broad SMARTS) is 1. The largest absolute Gasteiger partial charge is 0.545 e. The van der Waals surface area contributed by atoms with Gasteiger partial charge in [0, 0.05) is 0 Å². The van der Waals surface area contributed by atoms with Gasteiger partial charge in [-0.3, -0.25) is 0 Å². The molecule has 0 heterocycles. The van der Waals surface area contributed by atoms with Crippen molar-refractivity contribution in [1.29, 1.82) is 0 Å². The van der Waals surface area contributed by atoms with E-state index in [1.807, 2.05) is 0 Å². The molecule has 0 amide bonds. The van der Waals surface area contributed by atoms with E-state index >= 15 is 0 Å². The molecule has 0 aromatic heterocycles. The first-order chi connectivity index (χ1) is 8.68. The fourth-order valence-corrected chi connectivity index (χ4v) is 2.10. The summed E-state index contributed by atoms with van der Waals surface area (Å²) in [6.45, 7) is 5.72. The standard InChI is InChI=1S/C16H30O2/c1-3-4-5-6-7-8-9-10-11-12-13-14-15(2)16(17)18/h2-14H2,1H3,(H,17,18)/p-1. The highest BCUT2D eigenvalue weighted by Gasteiger charge is 1.96. The topological polar surface area (TPSA) is 40.1 Å². The minimum atomic E-state index is -1.10. The third-order valence-electron chi connectivity index (χ3n) is 3.37. The highest BCUT2D eigenvalue weighted by atomic mass is 16.4. The van der Waals surface area contributed by atoms with E-state index in [9.17, 15) is 9.90 Å². The van der Waals surface area contributed by atoms with Crippen LogP contribution in [0, 0.1) is 0 Å². The van der Waals surface area contributed by atoms with Gasteiger partial charge in [0.05, 0.1) is 5.97 Å². The fourth-order valence-electron chi connectivity index (χ4n) is 2.10. The van der Waals surface area contributed by atoms with Crippen LogP contribution in [0.2, 0.25) is 0 Å². The van der Waals surface area contributed by atoms with Gasteiger partial charge >= 0.3 is 0 Å². The monoisotopic (exact) mass is 253 g/mol. The van der Waals surface area contributed by atoms with Crippen molar-refractivity contribution in [3.8, 4) is 0 Å². The second-order valence-corrected chi connectivity index (χ2v) is 5.18. The Balaban J connectivity index is 3.07. The van der Waals surface area contributed by atoms with Crippen molar-refractivity contribution in [1.82, 2.24) is 0 Å². The molecule has 0 spiro atoms. The van der Waals surface area contributed by atoms with Crippen molar-refractivity contribution in [2.24, 2.45) is 0 Å². The average molecular weight is 253 g/mol. The van der Waals surface area contributed by atoms with Crippen molar-refractivity contribution in [3.05, 3.63) is 12.2 Å². The molecule has 0 aromatic carbocycles. The molecule has 0 N–H and O–H groups in total. The zero-order valence-electron chi connectivity index (χ0n) is 12.0. The van der Waals surface area contributed by atoms with E-state index in [1.165, 1.54) is 57.8 Å². The summed E-state index contributed by atoms with van der Waals surface area (Å²) in [7, 11) is 0. The van der Waals surface area contributed by atoms with Crippen LogP contribution in [0.15, 0.2) is 12.2 Å². The van der Waals surface area contributed by atoms with Crippen LogP contribution in [0.1, 0.15) is 84.0 Å². The van der Waals surface area contributed by atoms with E-state index in [1.54, 1.807) is 0 Å². The minimum Gasteiger partial charge on any atom is -0.545 e. The summed E-state index contributed by atoms with van der Waals surface area (Å²) in [5.41, 5.74) is 0.242. The smallest absolute Gasteiger partial charge is 0.0668 e. The molecular formula is C16H29O2-. The second kappa shape index (κ2) is 12.7. The molecule has 2 heteroatoms. The molecule has 0 aliphatic rings. The molecule has 0 atom stereocenters. The van der Waals surface area contributed by atoms with Crippen molar-refractivity contribution in [2.75, 3.05) is 0 Å². The van der Waals surface area contributed by atoms with E-state index in [4.69, 9.17) is 0 Å². The molecule has 0 saturated heterocycles. The lowest BCUT2D eigenvalue weighted by Gasteiger charge is -2.06. The van der Waals surface area contributed by atoms with Crippen LogP contribution in [0.3, 0.4) is 0 Å². The predicted octanol–water partition coefficient (Wildman–Crippen LogP) is 3.99. The molecule has 106 valence electrons. The molecule has 2 nitrogen and oxygen atoms in total. The van der Waals surface area contributed by atoms with E-state index in [-0.39, 0.29) is 5.57 Å².